The molecular formula is C50H30N4. The van der Waals surface area contributed by atoms with E-state index in [1.54, 1.807) is 0 Å². The number of aromatic nitrogens is 3. The van der Waals surface area contributed by atoms with Crippen LogP contribution in [0.2, 0.25) is 0 Å². The minimum atomic E-state index is 0.634. The molecule has 4 heteroatoms. The number of fused-ring (bicyclic) bond motifs is 3. The fraction of sp³-hybridized carbons (Fsp3) is 0. The quantitative estimate of drug-likeness (QED) is 0.175. The maximum Gasteiger partial charge on any atom is 0.164 e. The van der Waals surface area contributed by atoms with Crippen molar-refractivity contribution in [3.63, 3.8) is 0 Å². The van der Waals surface area contributed by atoms with Crippen molar-refractivity contribution in [3.8, 4) is 95.9 Å². The first-order valence-corrected chi connectivity index (χ1v) is 18.0. The van der Waals surface area contributed by atoms with Gasteiger partial charge in [-0.05, 0) is 78.5 Å². The van der Waals surface area contributed by atoms with Crippen molar-refractivity contribution in [2.24, 2.45) is 0 Å². The van der Waals surface area contributed by atoms with Crippen LogP contribution < -0.4 is 0 Å². The van der Waals surface area contributed by atoms with Gasteiger partial charge in [-0.25, -0.2) is 15.0 Å². The molecule has 1 heterocycles. The monoisotopic (exact) mass is 686 g/mol. The summed E-state index contributed by atoms with van der Waals surface area (Å²) in [6.07, 6.45) is 0. The van der Waals surface area contributed by atoms with Crippen LogP contribution in [-0.4, -0.2) is 15.0 Å². The molecule has 0 atom stereocenters. The fourth-order valence-corrected chi connectivity index (χ4v) is 7.73. The van der Waals surface area contributed by atoms with Gasteiger partial charge in [-0.1, -0.05) is 170 Å². The summed E-state index contributed by atoms with van der Waals surface area (Å²) in [7, 11) is 0. The second kappa shape index (κ2) is 12.9. The zero-order valence-electron chi connectivity index (χ0n) is 29.1. The van der Waals surface area contributed by atoms with Gasteiger partial charge in [-0.2, -0.15) is 5.26 Å². The van der Waals surface area contributed by atoms with E-state index in [0.717, 1.165) is 44.5 Å². The maximum absolute atomic E-state index is 9.71. The third-order valence-electron chi connectivity index (χ3n) is 10.3. The Labute approximate surface area is 313 Å². The van der Waals surface area contributed by atoms with Crippen molar-refractivity contribution in [1.82, 2.24) is 15.0 Å². The van der Waals surface area contributed by atoms with Gasteiger partial charge >= 0.3 is 0 Å². The fourth-order valence-electron chi connectivity index (χ4n) is 7.73. The highest BCUT2D eigenvalue weighted by Crippen LogP contribution is 2.52. The van der Waals surface area contributed by atoms with E-state index in [1.807, 2.05) is 78.9 Å². The predicted octanol–water partition coefficient (Wildman–Crippen LogP) is 12.5. The lowest BCUT2D eigenvalue weighted by Gasteiger charge is -2.15. The van der Waals surface area contributed by atoms with E-state index in [0.29, 0.717) is 23.0 Å². The second-order valence-corrected chi connectivity index (χ2v) is 13.5. The van der Waals surface area contributed by atoms with Crippen LogP contribution in [0.25, 0.3) is 101 Å². The summed E-state index contributed by atoms with van der Waals surface area (Å²) in [5.41, 5.74) is 15.2. The van der Waals surface area contributed by atoms with Gasteiger partial charge < -0.3 is 0 Å². The van der Waals surface area contributed by atoms with Crippen molar-refractivity contribution >= 4 is 10.8 Å². The van der Waals surface area contributed by atoms with Crippen molar-refractivity contribution in [2.75, 3.05) is 0 Å². The van der Waals surface area contributed by atoms with Gasteiger partial charge in [0.15, 0.2) is 17.5 Å². The Morgan fingerprint density at radius 3 is 1.20 bits per heavy atom. The first-order chi connectivity index (χ1) is 26.7. The standard InChI is InChI=1S/C50H30N4/c51-31-32-10-9-15-39(30-32)41-27-29-45-43-17-8-7-16-42(43)44-28-26-40(46(41)47(44)45)35-22-18-33(19-23-35)34-20-24-38(25-21-34)50-53-48(36-11-3-1-4-12-36)52-49(54-50)37-13-5-2-6-14-37/h1-30H. The third kappa shape index (κ3) is 5.35. The molecule has 9 aromatic rings. The molecule has 0 N–H and O–H groups in total. The Hall–Kier alpha value is -7.48. The normalized spacial score (nSPS) is 11.3. The first kappa shape index (κ1) is 31.3. The summed E-state index contributed by atoms with van der Waals surface area (Å²) >= 11 is 0. The summed E-state index contributed by atoms with van der Waals surface area (Å²) in [6.45, 7) is 0. The van der Waals surface area contributed by atoms with Crippen LogP contribution in [0.4, 0.5) is 0 Å². The topological polar surface area (TPSA) is 62.5 Å². The van der Waals surface area contributed by atoms with Crippen LogP contribution >= 0.6 is 0 Å². The highest BCUT2D eigenvalue weighted by Gasteiger charge is 2.25. The van der Waals surface area contributed by atoms with Crippen molar-refractivity contribution in [3.05, 3.63) is 188 Å². The highest BCUT2D eigenvalue weighted by molar-refractivity contribution is 6.22. The molecule has 0 bridgehead atoms. The summed E-state index contributed by atoms with van der Waals surface area (Å²) in [5.74, 6) is 1.92. The Bertz CT molecular complexity index is 2820. The molecule has 0 radical (unpaired) electrons. The third-order valence-corrected chi connectivity index (χ3v) is 10.3. The van der Waals surface area contributed by atoms with E-state index < -0.39 is 0 Å². The van der Waals surface area contributed by atoms with Crippen LogP contribution in [0.15, 0.2) is 182 Å². The van der Waals surface area contributed by atoms with Crippen LogP contribution in [0, 0.1) is 11.3 Å². The van der Waals surface area contributed by atoms with Gasteiger partial charge in [0.05, 0.1) is 11.6 Å². The number of benzene rings is 8. The lowest BCUT2D eigenvalue weighted by atomic mass is 9.88. The molecular weight excluding hydrogens is 657 g/mol. The Morgan fingerprint density at radius 2 is 0.685 bits per heavy atom. The van der Waals surface area contributed by atoms with E-state index in [2.05, 4.69) is 109 Å². The molecule has 1 aromatic heterocycles. The minimum Gasteiger partial charge on any atom is -0.208 e. The van der Waals surface area contributed by atoms with Crippen molar-refractivity contribution in [1.29, 1.82) is 5.26 Å². The SMILES string of the molecule is N#Cc1cccc(-c2ccc3c4c(ccc(-c5ccc(-c6ccc(-c7nc(-c8ccccc8)nc(-c8ccccc8)n7)cc6)cc5)c24)-c2ccccc2-3)c1. The first-order valence-electron chi connectivity index (χ1n) is 18.0. The smallest absolute Gasteiger partial charge is 0.164 e. The van der Waals surface area contributed by atoms with E-state index in [1.165, 1.54) is 38.6 Å². The molecule has 250 valence electrons. The number of nitrogens with zero attached hydrogens (tertiary/aromatic N) is 4. The molecule has 0 fully saturated rings. The van der Waals surface area contributed by atoms with Gasteiger partial charge in [0.2, 0.25) is 0 Å². The molecule has 10 rings (SSSR count). The van der Waals surface area contributed by atoms with Crippen LogP contribution in [0.3, 0.4) is 0 Å². The molecule has 0 saturated heterocycles. The van der Waals surface area contributed by atoms with Crippen LogP contribution in [-0.2, 0) is 0 Å². The average molecular weight is 687 g/mol. The van der Waals surface area contributed by atoms with Gasteiger partial charge in [0, 0.05) is 16.7 Å². The lowest BCUT2D eigenvalue weighted by molar-refractivity contribution is 1.07. The zero-order valence-corrected chi connectivity index (χ0v) is 29.1. The Morgan fingerprint density at radius 1 is 0.296 bits per heavy atom. The van der Waals surface area contributed by atoms with E-state index in [-0.39, 0.29) is 0 Å². The summed E-state index contributed by atoms with van der Waals surface area (Å²) in [6, 6.07) is 65.2. The average Bonchev–Trinajstić information content (AvgIpc) is 3.59. The molecule has 0 aliphatic heterocycles. The molecule has 0 unspecified atom stereocenters. The maximum atomic E-state index is 9.71. The summed E-state index contributed by atoms with van der Waals surface area (Å²) in [4.78, 5) is 14.6. The Balaban J connectivity index is 1.03. The number of rotatable bonds is 6. The molecule has 1 aliphatic rings. The number of hydrogen-bond acceptors (Lipinski definition) is 4. The minimum absolute atomic E-state index is 0.634. The molecule has 0 saturated carbocycles. The van der Waals surface area contributed by atoms with Gasteiger partial charge in [0.25, 0.3) is 0 Å². The molecule has 8 aromatic carbocycles. The van der Waals surface area contributed by atoms with E-state index >= 15 is 0 Å². The molecule has 1 aliphatic carbocycles. The van der Waals surface area contributed by atoms with E-state index in [4.69, 9.17) is 15.0 Å². The lowest BCUT2D eigenvalue weighted by Crippen LogP contribution is -2.00. The summed E-state index contributed by atoms with van der Waals surface area (Å²) < 4.78 is 0. The molecule has 0 spiro atoms. The van der Waals surface area contributed by atoms with Gasteiger partial charge in [-0.15, -0.1) is 0 Å². The van der Waals surface area contributed by atoms with Crippen molar-refractivity contribution in [2.45, 2.75) is 0 Å². The van der Waals surface area contributed by atoms with Gasteiger partial charge in [0.1, 0.15) is 0 Å². The molecule has 54 heavy (non-hydrogen) atoms. The van der Waals surface area contributed by atoms with Crippen LogP contribution in [0.1, 0.15) is 5.56 Å². The highest BCUT2D eigenvalue weighted by atomic mass is 15.0. The zero-order chi connectivity index (χ0) is 36.0. The second-order valence-electron chi connectivity index (χ2n) is 13.5. The molecule has 4 nitrogen and oxygen atoms in total. The summed E-state index contributed by atoms with van der Waals surface area (Å²) in [5, 5.41) is 12.2. The largest absolute Gasteiger partial charge is 0.208 e. The van der Waals surface area contributed by atoms with Crippen molar-refractivity contribution < 1.29 is 0 Å². The molecule has 0 amide bonds. The number of hydrogen-bond donors (Lipinski definition) is 0. The van der Waals surface area contributed by atoms with Gasteiger partial charge in [-0.3, -0.25) is 0 Å². The predicted molar refractivity (Wildman–Crippen MR) is 219 cm³/mol. The van der Waals surface area contributed by atoms with Crippen LogP contribution in [0.5, 0.6) is 0 Å². The Kier molecular flexibility index (Phi) is 7.49. The van der Waals surface area contributed by atoms with E-state index in [9.17, 15) is 5.26 Å². The number of nitriles is 1.